The molecule has 1 aliphatic carbocycles. The van der Waals surface area contributed by atoms with Gasteiger partial charge in [-0.05, 0) is 31.6 Å². The fourth-order valence-corrected chi connectivity index (χ4v) is 1.98. The molecule has 0 heterocycles. The largest absolute Gasteiger partial charge is 0.370 e. The van der Waals surface area contributed by atoms with Gasteiger partial charge in [0.05, 0.1) is 0 Å². The zero-order valence-corrected chi connectivity index (χ0v) is 9.42. The van der Waals surface area contributed by atoms with Gasteiger partial charge in [-0.2, -0.15) is 0 Å². The van der Waals surface area contributed by atoms with Crippen LogP contribution >= 0.6 is 0 Å². The standard InChI is InChI=1S/C11H23N3/c1-3-13-11(12)14-8-10-6-4-9(2)5-7-10/h9-10H,3-8H2,1-2H3,(H3,12,13,14). The number of hydrogen-bond donors (Lipinski definition) is 2. The summed E-state index contributed by atoms with van der Waals surface area (Å²) in [7, 11) is 0. The summed E-state index contributed by atoms with van der Waals surface area (Å²) in [4.78, 5) is 4.35. The van der Waals surface area contributed by atoms with Crippen molar-refractivity contribution in [3.63, 3.8) is 0 Å². The lowest BCUT2D eigenvalue weighted by atomic mass is 9.83. The van der Waals surface area contributed by atoms with Crippen LogP contribution in [0.15, 0.2) is 4.99 Å². The molecule has 0 aliphatic heterocycles. The second-order valence-corrected chi connectivity index (χ2v) is 4.38. The summed E-state index contributed by atoms with van der Waals surface area (Å²) < 4.78 is 0. The molecule has 0 aromatic heterocycles. The van der Waals surface area contributed by atoms with E-state index in [1.807, 2.05) is 6.92 Å². The highest BCUT2D eigenvalue weighted by molar-refractivity contribution is 5.77. The Balaban J connectivity index is 2.21. The Morgan fingerprint density at radius 3 is 2.57 bits per heavy atom. The molecular formula is C11H23N3. The van der Waals surface area contributed by atoms with Crippen LogP contribution in [0.2, 0.25) is 0 Å². The van der Waals surface area contributed by atoms with Crippen molar-refractivity contribution in [1.29, 1.82) is 0 Å². The minimum absolute atomic E-state index is 0.603. The lowest BCUT2D eigenvalue weighted by Gasteiger charge is -2.24. The van der Waals surface area contributed by atoms with Crippen LogP contribution in [0, 0.1) is 11.8 Å². The average molecular weight is 197 g/mol. The quantitative estimate of drug-likeness (QED) is 0.535. The van der Waals surface area contributed by atoms with Crippen LogP contribution < -0.4 is 11.1 Å². The highest BCUT2D eigenvalue weighted by Crippen LogP contribution is 2.28. The smallest absolute Gasteiger partial charge is 0.188 e. The zero-order valence-electron chi connectivity index (χ0n) is 9.42. The van der Waals surface area contributed by atoms with E-state index in [1.165, 1.54) is 25.7 Å². The lowest BCUT2D eigenvalue weighted by Crippen LogP contribution is -2.32. The molecule has 1 rings (SSSR count). The van der Waals surface area contributed by atoms with Crippen molar-refractivity contribution in [3.05, 3.63) is 0 Å². The summed E-state index contributed by atoms with van der Waals surface area (Å²) >= 11 is 0. The third-order valence-corrected chi connectivity index (χ3v) is 3.01. The Hall–Kier alpha value is -0.730. The van der Waals surface area contributed by atoms with Gasteiger partial charge < -0.3 is 11.1 Å². The summed E-state index contributed by atoms with van der Waals surface area (Å²) in [5, 5.41) is 3.02. The van der Waals surface area contributed by atoms with Crippen LogP contribution in [0.3, 0.4) is 0 Å². The monoisotopic (exact) mass is 197 g/mol. The summed E-state index contributed by atoms with van der Waals surface area (Å²) in [6.45, 7) is 6.14. The van der Waals surface area contributed by atoms with Gasteiger partial charge in [-0.3, -0.25) is 4.99 Å². The first-order valence-electron chi connectivity index (χ1n) is 5.76. The van der Waals surface area contributed by atoms with Crippen molar-refractivity contribution >= 4 is 5.96 Å². The average Bonchev–Trinajstić information content (AvgIpc) is 2.17. The summed E-state index contributed by atoms with van der Waals surface area (Å²) in [6.07, 6.45) is 5.37. The first-order valence-corrected chi connectivity index (χ1v) is 5.76. The van der Waals surface area contributed by atoms with Crippen LogP contribution in [0.4, 0.5) is 0 Å². The summed E-state index contributed by atoms with van der Waals surface area (Å²) in [6, 6.07) is 0. The highest BCUT2D eigenvalue weighted by Gasteiger charge is 2.17. The molecule has 0 unspecified atom stereocenters. The molecule has 0 aromatic rings. The maximum absolute atomic E-state index is 5.67. The molecule has 3 heteroatoms. The fraction of sp³-hybridized carbons (Fsp3) is 0.909. The molecule has 1 fully saturated rings. The van der Waals surface area contributed by atoms with E-state index in [4.69, 9.17) is 5.73 Å². The third-order valence-electron chi connectivity index (χ3n) is 3.01. The van der Waals surface area contributed by atoms with E-state index in [1.54, 1.807) is 0 Å². The number of nitrogens with one attached hydrogen (secondary N) is 1. The van der Waals surface area contributed by atoms with Crippen LogP contribution in [0.25, 0.3) is 0 Å². The predicted molar refractivity (Wildman–Crippen MR) is 61.3 cm³/mol. The van der Waals surface area contributed by atoms with E-state index >= 15 is 0 Å². The van der Waals surface area contributed by atoms with Gasteiger partial charge in [0, 0.05) is 13.1 Å². The Labute approximate surface area is 87.2 Å². The van der Waals surface area contributed by atoms with Gasteiger partial charge in [0.1, 0.15) is 0 Å². The number of guanidine groups is 1. The van der Waals surface area contributed by atoms with Gasteiger partial charge in [-0.1, -0.05) is 19.8 Å². The highest BCUT2D eigenvalue weighted by atomic mass is 15.1. The predicted octanol–water partition coefficient (Wildman–Crippen LogP) is 1.74. The van der Waals surface area contributed by atoms with Gasteiger partial charge in [-0.25, -0.2) is 0 Å². The van der Waals surface area contributed by atoms with Crippen LogP contribution in [0.5, 0.6) is 0 Å². The van der Waals surface area contributed by atoms with Gasteiger partial charge in [-0.15, -0.1) is 0 Å². The van der Waals surface area contributed by atoms with E-state index in [0.717, 1.165) is 24.9 Å². The van der Waals surface area contributed by atoms with Crippen molar-refractivity contribution < 1.29 is 0 Å². The Kier molecular flexibility index (Phi) is 4.77. The Morgan fingerprint density at radius 1 is 1.36 bits per heavy atom. The van der Waals surface area contributed by atoms with Gasteiger partial charge in [0.25, 0.3) is 0 Å². The van der Waals surface area contributed by atoms with E-state index in [2.05, 4.69) is 17.2 Å². The molecule has 0 radical (unpaired) electrons. The second-order valence-electron chi connectivity index (χ2n) is 4.38. The van der Waals surface area contributed by atoms with E-state index in [9.17, 15) is 0 Å². The minimum atomic E-state index is 0.603. The maximum atomic E-state index is 5.67. The molecule has 0 bridgehead atoms. The van der Waals surface area contributed by atoms with Crippen LogP contribution in [-0.2, 0) is 0 Å². The maximum Gasteiger partial charge on any atom is 0.188 e. The van der Waals surface area contributed by atoms with Crippen molar-refractivity contribution in [3.8, 4) is 0 Å². The molecular weight excluding hydrogens is 174 g/mol. The summed E-state index contributed by atoms with van der Waals surface area (Å²) in [5.41, 5.74) is 5.67. The van der Waals surface area contributed by atoms with Crippen molar-refractivity contribution in [2.75, 3.05) is 13.1 Å². The molecule has 0 saturated heterocycles. The van der Waals surface area contributed by atoms with Gasteiger partial charge in [0.15, 0.2) is 5.96 Å². The molecule has 14 heavy (non-hydrogen) atoms. The van der Waals surface area contributed by atoms with Crippen LogP contribution in [0.1, 0.15) is 39.5 Å². The molecule has 0 atom stereocenters. The molecule has 3 N–H and O–H groups in total. The molecule has 1 aliphatic rings. The van der Waals surface area contributed by atoms with Crippen molar-refractivity contribution in [2.24, 2.45) is 22.6 Å². The number of aliphatic imine (C=N–C) groups is 1. The first kappa shape index (κ1) is 11.3. The Bertz CT molecular complexity index is 181. The van der Waals surface area contributed by atoms with Crippen molar-refractivity contribution in [2.45, 2.75) is 39.5 Å². The van der Waals surface area contributed by atoms with Crippen LogP contribution in [-0.4, -0.2) is 19.0 Å². The SMILES string of the molecule is CCNC(N)=NCC1CCC(C)CC1. The van der Waals surface area contributed by atoms with Gasteiger partial charge in [0.2, 0.25) is 0 Å². The van der Waals surface area contributed by atoms with E-state index < -0.39 is 0 Å². The number of nitrogens with two attached hydrogens (primary N) is 1. The first-order chi connectivity index (χ1) is 6.72. The zero-order chi connectivity index (χ0) is 10.4. The Morgan fingerprint density at radius 2 is 2.00 bits per heavy atom. The molecule has 0 amide bonds. The van der Waals surface area contributed by atoms with Crippen molar-refractivity contribution in [1.82, 2.24) is 5.32 Å². The number of rotatable bonds is 3. The van der Waals surface area contributed by atoms with E-state index in [-0.39, 0.29) is 0 Å². The summed E-state index contributed by atoms with van der Waals surface area (Å²) in [5.74, 6) is 2.29. The molecule has 1 saturated carbocycles. The molecule has 82 valence electrons. The topological polar surface area (TPSA) is 50.4 Å². The molecule has 0 spiro atoms. The normalized spacial score (nSPS) is 28.9. The van der Waals surface area contributed by atoms with Gasteiger partial charge >= 0.3 is 0 Å². The molecule has 3 nitrogen and oxygen atoms in total. The second kappa shape index (κ2) is 5.89. The molecule has 0 aromatic carbocycles. The number of nitrogens with zero attached hydrogens (tertiary/aromatic N) is 1. The fourth-order valence-electron chi connectivity index (χ4n) is 1.98. The number of hydrogen-bond acceptors (Lipinski definition) is 1. The lowest BCUT2D eigenvalue weighted by molar-refractivity contribution is 0.296. The van der Waals surface area contributed by atoms with E-state index in [0.29, 0.717) is 5.96 Å². The minimum Gasteiger partial charge on any atom is -0.370 e. The third kappa shape index (κ3) is 3.99.